The van der Waals surface area contributed by atoms with E-state index in [0.29, 0.717) is 23.9 Å². The van der Waals surface area contributed by atoms with Gasteiger partial charge in [-0.2, -0.15) is 0 Å². The third-order valence-corrected chi connectivity index (χ3v) is 6.32. The quantitative estimate of drug-likeness (QED) is 0.746. The average Bonchev–Trinajstić information content (AvgIpc) is 3.23. The van der Waals surface area contributed by atoms with E-state index in [-0.39, 0.29) is 30.3 Å². The zero-order valence-corrected chi connectivity index (χ0v) is 15.2. The van der Waals surface area contributed by atoms with Gasteiger partial charge in [-0.15, -0.1) is 12.4 Å². The van der Waals surface area contributed by atoms with Crippen LogP contribution < -0.4 is 11.1 Å². The maximum atomic E-state index is 12.5. The first-order valence-electron chi connectivity index (χ1n) is 9.35. The van der Waals surface area contributed by atoms with Gasteiger partial charge in [-0.05, 0) is 63.2 Å². The number of rotatable bonds is 7. The van der Waals surface area contributed by atoms with Gasteiger partial charge in [0.05, 0.1) is 12.0 Å². The second-order valence-corrected chi connectivity index (χ2v) is 7.55. The van der Waals surface area contributed by atoms with E-state index in [4.69, 9.17) is 10.5 Å². The largest absolute Gasteiger partial charge is 0.378 e. The molecule has 0 heterocycles. The maximum Gasteiger partial charge on any atom is 0.224 e. The highest BCUT2D eigenvalue weighted by Crippen LogP contribution is 2.47. The lowest BCUT2D eigenvalue weighted by atomic mass is 9.84. The molecule has 0 spiro atoms. The number of carbonyl (C=O) groups is 1. The number of ether oxygens (including phenoxy) is 1. The number of hydrogen-bond acceptors (Lipinski definition) is 3. The zero-order chi connectivity index (χ0) is 15.5. The first-order chi connectivity index (χ1) is 10.7. The average molecular weight is 345 g/mol. The topological polar surface area (TPSA) is 64.3 Å². The lowest BCUT2D eigenvalue weighted by Crippen LogP contribution is -2.46. The van der Waals surface area contributed by atoms with Crippen LogP contribution in [0, 0.1) is 23.7 Å². The Bertz CT molecular complexity index is 385. The van der Waals surface area contributed by atoms with Crippen LogP contribution in [-0.4, -0.2) is 31.2 Å². The molecule has 0 radical (unpaired) electrons. The van der Waals surface area contributed by atoms with Crippen LogP contribution in [0.5, 0.6) is 0 Å². The van der Waals surface area contributed by atoms with Crippen LogP contribution in [-0.2, 0) is 9.53 Å². The maximum absolute atomic E-state index is 12.5. The molecule has 0 saturated heterocycles. The summed E-state index contributed by atoms with van der Waals surface area (Å²) >= 11 is 0. The Labute approximate surface area is 146 Å². The first-order valence-corrected chi connectivity index (χ1v) is 9.35. The summed E-state index contributed by atoms with van der Waals surface area (Å²) in [5.74, 6) is 2.09. The van der Waals surface area contributed by atoms with E-state index in [2.05, 4.69) is 12.2 Å². The van der Waals surface area contributed by atoms with Crippen LogP contribution in [0.1, 0.15) is 58.3 Å². The molecule has 134 valence electrons. The summed E-state index contributed by atoms with van der Waals surface area (Å²) in [6.45, 7) is 3.57. The molecule has 3 fully saturated rings. The van der Waals surface area contributed by atoms with Gasteiger partial charge >= 0.3 is 0 Å². The van der Waals surface area contributed by atoms with Gasteiger partial charge in [-0.25, -0.2) is 0 Å². The highest BCUT2D eigenvalue weighted by atomic mass is 35.5. The minimum absolute atomic E-state index is 0. The van der Waals surface area contributed by atoms with E-state index < -0.39 is 0 Å². The van der Waals surface area contributed by atoms with Crippen LogP contribution >= 0.6 is 12.4 Å². The number of hydrogen-bond donors (Lipinski definition) is 2. The van der Waals surface area contributed by atoms with Gasteiger partial charge < -0.3 is 15.8 Å². The summed E-state index contributed by atoms with van der Waals surface area (Å²) in [6.07, 6.45) is 10.1. The molecule has 5 atom stereocenters. The molecular formula is C18H33ClN2O2. The van der Waals surface area contributed by atoms with Crippen LogP contribution in [0.4, 0.5) is 0 Å². The van der Waals surface area contributed by atoms with Crippen LogP contribution in [0.2, 0.25) is 0 Å². The Balaban J connectivity index is 0.00000192. The zero-order valence-electron chi connectivity index (χ0n) is 14.3. The number of nitrogens with one attached hydrogen (secondary N) is 1. The molecule has 2 bridgehead atoms. The fraction of sp³-hybridized carbons (Fsp3) is 0.944. The highest BCUT2D eigenvalue weighted by Gasteiger charge is 2.48. The summed E-state index contributed by atoms with van der Waals surface area (Å²) in [4.78, 5) is 12.5. The molecule has 0 aromatic rings. The Kier molecular flexibility index (Phi) is 7.18. The van der Waals surface area contributed by atoms with Crippen molar-refractivity contribution in [2.24, 2.45) is 29.4 Å². The van der Waals surface area contributed by atoms with Crippen molar-refractivity contribution in [1.82, 2.24) is 5.32 Å². The normalized spacial score (nSPS) is 34.3. The fourth-order valence-corrected chi connectivity index (χ4v) is 5.18. The highest BCUT2D eigenvalue weighted by molar-refractivity contribution is 5.85. The van der Waals surface area contributed by atoms with Gasteiger partial charge in [0.15, 0.2) is 0 Å². The van der Waals surface area contributed by atoms with Crippen molar-refractivity contribution in [3.05, 3.63) is 0 Å². The predicted molar refractivity (Wildman–Crippen MR) is 94.5 cm³/mol. The van der Waals surface area contributed by atoms with E-state index in [1.807, 2.05) is 0 Å². The van der Waals surface area contributed by atoms with E-state index in [9.17, 15) is 4.79 Å². The minimum Gasteiger partial charge on any atom is -0.378 e. The van der Waals surface area contributed by atoms with Crippen molar-refractivity contribution in [1.29, 1.82) is 0 Å². The number of halogens is 1. The molecule has 3 saturated carbocycles. The summed E-state index contributed by atoms with van der Waals surface area (Å²) in [5.41, 5.74) is 6.26. The summed E-state index contributed by atoms with van der Waals surface area (Å²) in [5, 5.41) is 3.15. The second-order valence-electron chi connectivity index (χ2n) is 7.55. The fourth-order valence-electron chi connectivity index (χ4n) is 5.18. The molecule has 4 nitrogen and oxygen atoms in total. The summed E-state index contributed by atoms with van der Waals surface area (Å²) in [7, 11) is 0. The van der Waals surface area contributed by atoms with Gasteiger partial charge in [0.1, 0.15) is 0 Å². The molecule has 1 amide bonds. The molecular weight excluding hydrogens is 312 g/mol. The van der Waals surface area contributed by atoms with Crippen LogP contribution in [0.15, 0.2) is 0 Å². The molecule has 3 aliphatic carbocycles. The Hall–Kier alpha value is -0.320. The first kappa shape index (κ1) is 19.0. The molecule has 3 aliphatic rings. The van der Waals surface area contributed by atoms with Gasteiger partial charge in [0.2, 0.25) is 5.91 Å². The predicted octanol–water partition coefficient (Wildman–Crippen LogP) is 2.88. The lowest BCUT2D eigenvalue weighted by molar-refractivity contribution is -0.127. The van der Waals surface area contributed by atoms with E-state index in [1.165, 1.54) is 44.9 Å². The number of fused-ring (bicyclic) bond motifs is 2. The molecule has 0 aromatic carbocycles. The van der Waals surface area contributed by atoms with Crippen LogP contribution in [0.3, 0.4) is 0 Å². The SMILES string of the molecule is CCOC(CCNC(=O)C1C2CCC(C2)C1N)C1CCCC1.Cl. The Morgan fingerprint density at radius 3 is 2.52 bits per heavy atom. The lowest BCUT2D eigenvalue weighted by Gasteiger charge is -2.28. The summed E-state index contributed by atoms with van der Waals surface area (Å²) < 4.78 is 5.93. The van der Waals surface area contributed by atoms with E-state index >= 15 is 0 Å². The molecule has 3 N–H and O–H groups in total. The molecule has 0 aliphatic heterocycles. The molecule has 0 aromatic heterocycles. The van der Waals surface area contributed by atoms with Gasteiger partial charge in [-0.1, -0.05) is 12.8 Å². The van der Waals surface area contributed by atoms with Gasteiger partial charge in [-0.3, -0.25) is 4.79 Å². The Morgan fingerprint density at radius 1 is 1.22 bits per heavy atom. The molecule has 23 heavy (non-hydrogen) atoms. The monoisotopic (exact) mass is 344 g/mol. The molecule has 3 rings (SSSR count). The molecule has 5 heteroatoms. The second kappa shape index (κ2) is 8.68. The smallest absolute Gasteiger partial charge is 0.224 e. The van der Waals surface area contributed by atoms with Crippen molar-refractivity contribution < 1.29 is 9.53 Å². The van der Waals surface area contributed by atoms with Crippen molar-refractivity contribution >= 4 is 18.3 Å². The van der Waals surface area contributed by atoms with Crippen molar-refractivity contribution in [3.63, 3.8) is 0 Å². The Morgan fingerprint density at radius 2 is 1.91 bits per heavy atom. The van der Waals surface area contributed by atoms with Crippen LogP contribution in [0.25, 0.3) is 0 Å². The standard InChI is InChI=1S/C18H32N2O2.ClH/c1-2-22-15(12-5-3-4-6-12)9-10-20-18(21)16-13-7-8-14(11-13)17(16)19;/h12-17H,2-11,19H2,1H3,(H,20,21);1H. The van der Waals surface area contributed by atoms with Gasteiger partial charge in [0, 0.05) is 19.2 Å². The number of amides is 1. The third kappa shape index (κ3) is 4.21. The molecule has 5 unspecified atom stereocenters. The summed E-state index contributed by atoms with van der Waals surface area (Å²) in [6, 6.07) is 0.0938. The van der Waals surface area contributed by atoms with E-state index in [1.54, 1.807) is 0 Å². The minimum atomic E-state index is 0. The third-order valence-electron chi connectivity index (χ3n) is 6.32. The number of carbonyl (C=O) groups excluding carboxylic acids is 1. The van der Waals surface area contributed by atoms with E-state index in [0.717, 1.165) is 19.6 Å². The van der Waals surface area contributed by atoms with Crippen molar-refractivity contribution in [3.8, 4) is 0 Å². The van der Waals surface area contributed by atoms with Crippen molar-refractivity contribution in [2.45, 2.75) is 70.4 Å². The van der Waals surface area contributed by atoms with Gasteiger partial charge in [0.25, 0.3) is 0 Å². The number of nitrogens with two attached hydrogens (primary N) is 1. The van der Waals surface area contributed by atoms with Crippen molar-refractivity contribution in [2.75, 3.05) is 13.2 Å².